The summed E-state index contributed by atoms with van der Waals surface area (Å²) in [4.78, 5) is 34.7. The van der Waals surface area contributed by atoms with Crippen molar-refractivity contribution in [3.8, 4) is 11.5 Å². The van der Waals surface area contributed by atoms with Crippen molar-refractivity contribution in [3.63, 3.8) is 0 Å². The van der Waals surface area contributed by atoms with Crippen LogP contribution in [0.3, 0.4) is 0 Å². The SMILES string of the molecule is COCCCC1C(=O)NOc2ccc(COC3CN(C(=O)O)CC(O[Si](C(C)C)(C(C)C)C(C)C)C3c3ccc(OC4CCN(c5cccc(F)c5)C4)cc3)cc21. The van der Waals surface area contributed by atoms with E-state index in [1.807, 2.05) is 36.4 Å². The van der Waals surface area contributed by atoms with Crippen LogP contribution in [0.2, 0.25) is 16.6 Å². The van der Waals surface area contributed by atoms with Gasteiger partial charge in [-0.15, -0.1) is 0 Å². The maximum absolute atomic E-state index is 13.9. The monoisotopic (exact) mass is 805 g/mol. The van der Waals surface area contributed by atoms with Crippen LogP contribution >= 0.6 is 0 Å². The van der Waals surface area contributed by atoms with Crippen molar-refractivity contribution in [3.05, 3.63) is 89.2 Å². The lowest BCUT2D eigenvalue weighted by molar-refractivity contribution is -0.131. The predicted molar refractivity (Wildman–Crippen MR) is 220 cm³/mol. The fraction of sp³-hybridized carbons (Fsp3) is 0.545. The lowest BCUT2D eigenvalue weighted by Crippen LogP contribution is -2.59. The zero-order valence-corrected chi connectivity index (χ0v) is 35.4. The molecule has 11 nitrogen and oxygen atoms in total. The molecule has 0 aliphatic carbocycles. The van der Waals surface area contributed by atoms with Crippen molar-refractivity contribution >= 4 is 26.0 Å². The van der Waals surface area contributed by atoms with Crippen molar-refractivity contribution in [2.45, 2.75) is 114 Å². The Morgan fingerprint density at radius 1 is 0.965 bits per heavy atom. The summed E-state index contributed by atoms with van der Waals surface area (Å²) in [6, 6.07) is 20.5. The number of amides is 2. The van der Waals surface area contributed by atoms with E-state index < -0.39 is 26.6 Å². The highest BCUT2D eigenvalue weighted by atomic mass is 28.4. The average Bonchev–Trinajstić information content (AvgIpc) is 3.65. The quantitative estimate of drug-likeness (QED) is 0.108. The standard InChI is InChI=1S/C44H60FN3O8Si/c1-28(2)57(29(3)4,30(5)6)56-41-26-48(44(50)51)25-40(53-27-31-13-18-39-38(22-31)37(12-9-21-52-7)43(49)46-55-39)42(41)32-14-16-35(17-15-32)54-36-19-20-47(24-36)34-11-8-10-33(45)23-34/h8,10-11,13-18,22-23,28-30,36-37,40-42H,9,12,19-21,24-27H2,1-7H3,(H,46,49)(H,50,51). The molecule has 2 saturated heterocycles. The van der Waals surface area contributed by atoms with Gasteiger partial charge >= 0.3 is 6.09 Å². The number of nitrogens with one attached hydrogen (secondary N) is 1. The number of piperidine rings is 1. The van der Waals surface area contributed by atoms with E-state index in [0.29, 0.717) is 41.9 Å². The van der Waals surface area contributed by atoms with Gasteiger partial charge in [0.05, 0.1) is 37.8 Å². The van der Waals surface area contributed by atoms with E-state index in [0.717, 1.165) is 47.5 Å². The van der Waals surface area contributed by atoms with Gasteiger partial charge in [-0.2, -0.15) is 5.48 Å². The molecule has 13 heteroatoms. The van der Waals surface area contributed by atoms with Crippen LogP contribution in [0.4, 0.5) is 14.9 Å². The fourth-order valence-electron chi connectivity index (χ4n) is 9.48. The Bertz CT molecular complexity index is 1810. The number of hydroxylamine groups is 1. The third kappa shape index (κ3) is 9.59. The third-order valence-corrected chi connectivity index (χ3v) is 18.3. The van der Waals surface area contributed by atoms with Gasteiger partial charge in [0, 0.05) is 50.4 Å². The molecule has 0 bridgehead atoms. The molecule has 6 rings (SSSR count). The molecule has 2 fully saturated rings. The van der Waals surface area contributed by atoms with Crippen molar-refractivity contribution in [2.75, 3.05) is 44.8 Å². The third-order valence-electron chi connectivity index (χ3n) is 12.2. The fourth-order valence-corrected chi connectivity index (χ4v) is 15.0. The number of carboxylic acid groups (broad SMARTS) is 1. The van der Waals surface area contributed by atoms with E-state index >= 15 is 0 Å². The first-order valence-corrected chi connectivity index (χ1v) is 22.6. The van der Waals surface area contributed by atoms with Gasteiger partial charge < -0.3 is 38.4 Å². The Hall–Kier alpha value is -4.17. The number of hydrogen-bond acceptors (Lipinski definition) is 8. The van der Waals surface area contributed by atoms with Crippen LogP contribution < -0.4 is 20.0 Å². The van der Waals surface area contributed by atoms with Crippen LogP contribution in [0, 0.1) is 5.82 Å². The van der Waals surface area contributed by atoms with E-state index in [-0.39, 0.29) is 49.4 Å². The minimum Gasteiger partial charge on any atom is -0.489 e. The molecule has 3 aromatic rings. The number of carbonyl (C=O) groups excluding carboxylic acids is 1. The second-order valence-corrected chi connectivity index (χ2v) is 22.1. The average molecular weight is 806 g/mol. The second-order valence-electron chi connectivity index (χ2n) is 16.7. The van der Waals surface area contributed by atoms with Gasteiger partial charge in [0.1, 0.15) is 17.7 Å². The molecule has 3 aliphatic heterocycles. The molecule has 310 valence electrons. The van der Waals surface area contributed by atoms with Crippen LogP contribution in [0.5, 0.6) is 11.5 Å². The van der Waals surface area contributed by atoms with E-state index in [1.54, 1.807) is 19.2 Å². The number of hydrogen-bond donors (Lipinski definition) is 2. The molecular weight excluding hydrogens is 746 g/mol. The first-order chi connectivity index (χ1) is 27.3. The molecule has 0 saturated carbocycles. The second kappa shape index (κ2) is 18.6. The largest absolute Gasteiger partial charge is 0.489 e. The van der Waals surface area contributed by atoms with Crippen LogP contribution in [0.25, 0.3) is 0 Å². The Balaban J connectivity index is 1.28. The number of likely N-dealkylation sites (tertiary alicyclic amines) is 1. The van der Waals surface area contributed by atoms with Crippen molar-refractivity contribution in [1.29, 1.82) is 0 Å². The van der Waals surface area contributed by atoms with Gasteiger partial charge in [-0.25, -0.2) is 9.18 Å². The number of nitrogens with zero attached hydrogens (tertiary/aromatic N) is 2. The topological polar surface area (TPSA) is 119 Å². The zero-order chi connectivity index (χ0) is 40.9. The Kier molecular flexibility index (Phi) is 13.9. The molecule has 3 heterocycles. The number of fused-ring (bicyclic) bond motifs is 1. The van der Waals surface area contributed by atoms with Gasteiger partial charge in [0.25, 0.3) is 5.91 Å². The summed E-state index contributed by atoms with van der Waals surface area (Å²) in [5.74, 6) is 0.219. The van der Waals surface area contributed by atoms with E-state index in [2.05, 4.69) is 64.1 Å². The lowest BCUT2D eigenvalue weighted by Gasteiger charge is -2.50. The van der Waals surface area contributed by atoms with Gasteiger partial charge in [0.15, 0.2) is 5.75 Å². The number of rotatable bonds is 16. The molecule has 0 spiro atoms. The van der Waals surface area contributed by atoms with E-state index in [1.165, 1.54) is 11.0 Å². The molecule has 2 amide bonds. The number of halogens is 1. The Labute approximate surface area is 337 Å². The molecule has 0 aromatic heterocycles. The summed E-state index contributed by atoms with van der Waals surface area (Å²) in [5.41, 5.74) is 6.89. The Morgan fingerprint density at radius 2 is 1.68 bits per heavy atom. The first-order valence-electron chi connectivity index (χ1n) is 20.4. The highest BCUT2D eigenvalue weighted by Gasteiger charge is 2.51. The first kappa shape index (κ1) is 42.4. The van der Waals surface area contributed by atoms with E-state index in [9.17, 15) is 19.1 Å². The summed E-state index contributed by atoms with van der Waals surface area (Å²) < 4.78 is 39.9. The molecule has 2 N–H and O–H groups in total. The number of benzene rings is 3. The highest BCUT2D eigenvalue weighted by molar-refractivity contribution is 6.77. The molecule has 57 heavy (non-hydrogen) atoms. The van der Waals surface area contributed by atoms with Crippen molar-refractivity contribution in [1.82, 2.24) is 10.4 Å². The highest BCUT2D eigenvalue weighted by Crippen LogP contribution is 2.46. The minimum absolute atomic E-state index is 0.0486. The maximum Gasteiger partial charge on any atom is 0.407 e. The zero-order valence-electron chi connectivity index (χ0n) is 34.4. The number of carbonyl (C=O) groups is 2. The molecule has 3 aliphatic rings. The molecule has 0 radical (unpaired) electrons. The van der Waals surface area contributed by atoms with Gasteiger partial charge in [-0.05, 0) is 83.1 Å². The van der Waals surface area contributed by atoms with Gasteiger partial charge in [-0.1, -0.05) is 65.8 Å². The van der Waals surface area contributed by atoms with Crippen molar-refractivity contribution in [2.24, 2.45) is 0 Å². The molecular formula is C44H60FN3O8Si. The summed E-state index contributed by atoms with van der Waals surface area (Å²) in [6.45, 7) is 16.0. The Morgan fingerprint density at radius 3 is 2.35 bits per heavy atom. The number of ether oxygens (including phenoxy) is 3. The van der Waals surface area contributed by atoms with Gasteiger partial charge in [0.2, 0.25) is 8.32 Å². The van der Waals surface area contributed by atoms with Crippen LogP contribution in [-0.4, -0.2) is 88.5 Å². The number of anilines is 1. The van der Waals surface area contributed by atoms with Gasteiger partial charge in [-0.3, -0.25) is 4.79 Å². The lowest BCUT2D eigenvalue weighted by atomic mass is 9.84. The van der Waals surface area contributed by atoms with Crippen molar-refractivity contribution < 1.29 is 42.6 Å². The van der Waals surface area contributed by atoms with Crippen LogP contribution in [-0.2, 0) is 25.3 Å². The molecule has 3 aromatic carbocycles. The summed E-state index contributed by atoms with van der Waals surface area (Å²) in [7, 11) is -0.832. The molecule has 5 atom stereocenters. The molecule has 5 unspecified atom stereocenters. The normalized spacial score (nSPS) is 22.5. The maximum atomic E-state index is 13.9. The smallest absolute Gasteiger partial charge is 0.407 e. The van der Waals surface area contributed by atoms with E-state index in [4.69, 9.17) is 23.5 Å². The minimum atomic E-state index is -2.48. The summed E-state index contributed by atoms with van der Waals surface area (Å²) >= 11 is 0. The van der Waals surface area contributed by atoms with Crippen LogP contribution in [0.15, 0.2) is 66.7 Å². The summed E-state index contributed by atoms with van der Waals surface area (Å²) in [5, 5.41) is 10.4. The number of methoxy groups -OCH3 is 1. The summed E-state index contributed by atoms with van der Waals surface area (Å²) in [6.07, 6.45) is 0.0982. The van der Waals surface area contributed by atoms with Crippen LogP contribution in [0.1, 0.15) is 89.3 Å². The predicted octanol–water partition coefficient (Wildman–Crippen LogP) is 8.64.